The molecule has 5 nitrogen and oxygen atoms in total. The zero-order valence-electron chi connectivity index (χ0n) is 12.6. The molecule has 1 aliphatic rings. The highest BCUT2D eigenvalue weighted by molar-refractivity contribution is 6.09. The predicted molar refractivity (Wildman–Crippen MR) is 86.6 cm³/mol. The van der Waals surface area contributed by atoms with Crippen molar-refractivity contribution in [2.24, 2.45) is 12.0 Å². The third-order valence-corrected chi connectivity index (χ3v) is 3.94. The number of hydrogen-bond acceptors (Lipinski definition) is 3. The average molecular weight is 295 g/mol. The fraction of sp³-hybridized carbons (Fsp3) is 0.294. The van der Waals surface area contributed by atoms with Crippen molar-refractivity contribution in [2.45, 2.75) is 12.8 Å². The summed E-state index contributed by atoms with van der Waals surface area (Å²) in [5.41, 5.74) is 4.54. The summed E-state index contributed by atoms with van der Waals surface area (Å²) in [5, 5.41) is 3.55. The molecule has 0 radical (unpaired) electrons. The third-order valence-electron chi connectivity index (χ3n) is 3.94. The molecule has 1 aliphatic carbocycles. The lowest BCUT2D eigenvalue weighted by Crippen LogP contribution is -2.21. The Morgan fingerprint density at radius 2 is 2.32 bits per heavy atom. The van der Waals surface area contributed by atoms with Crippen LogP contribution in [-0.4, -0.2) is 30.0 Å². The lowest BCUT2D eigenvalue weighted by atomic mass is 10.1. The van der Waals surface area contributed by atoms with Crippen molar-refractivity contribution in [3.63, 3.8) is 0 Å². The molecule has 0 aliphatic heterocycles. The molecule has 0 unspecified atom stereocenters. The largest absolute Gasteiger partial charge is 0.412 e. The van der Waals surface area contributed by atoms with E-state index >= 15 is 0 Å². The molecule has 3 rings (SSSR count). The van der Waals surface area contributed by atoms with Gasteiger partial charge >= 0.3 is 6.09 Å². The number of nitrogens with zero attached hydrogens (tertiary/aromatic N) is 2. The van der Waals surface area contributed by atoms with Gasteiger partial charge in [0.2, 0.25) is 0 Å². The number of terminal acetylenes is 1. The third kappa shape index (κ3) is 2.23. The van der Waals surface area contributed by atoms with Crippen LogP contribution in [-0.2, 0) is 13.5 Å². The fourth-order valence-electron chi connectivity index (χ4n) is 3.00. The smallest absolute Gasteiger partial charge is 0.410 e. The SMILES string of the molecule is C#CC/N=C1\CCc2c1n(C)c1ccc(OC(=O)NC)cc21. The fourth-order valence-corrected chi connectivity index (χ4v) is 3.00. The summed E-state index contributed by atoms with van der Waals surface area (Å²) in [6.45, 7) is 0.404. The highest BCUT2D eigenvalue weighted by Crippen LogP contribution is 2.34. The minimum atomic E-state index is -0.469. The number of carbonyl (C=O) groups excluding carboxylic acids is 1. The summed E-state index contributed by atoms with van der Waals surface area (Å²) in [6, 6.07) is 5.67. The number of hydrogen-bond donors (Lipinski definition) is 1. The second-order valence-corrected chi connectivity index (χ2v) is 5.17. The van der Waals surface area contributed by atoms with E-state index in [1.165, 1.54) is 12.6 Å². The first-order valence-corrected chi connectivity index (χ1v) is 7.13. The van der Waals surface area contributed by atoms with Gasteiger partial charge in [0.25, 0.3) is 0 Å². The van der Waals surface area contributed by atoms with Gasteiger partial charge in [-0.1, -0.05) is 5.92 Å². The molecule has 112 valence electrons. The summed E-state index contributed by atoms with van der Waals surface area (Å²) in [7, 11) is 3.56. The van der Waals surface area contributed by atoms with Crippen LogP contribution in [0.3, 0.4) is 0 Å². The van der Waals surface area contributed by atoms with E-state index in [0.717, 1.165) is 35.2 Å². The van der Waals surface area contributed by atoms with Crippen molar-refractivity contribution in [3.8, 4) is 18.1 Å². The Kier molecular flexibility index (Phi) is 3.60. The van der Waals surface area contributed by atoms with Gasteiger partial charge in [0.15, 0.2) is 0 Å². The summed E-state index contributed by atoms with van der Waals surface area (Å²) >= 11 is 0. The maximum absolute atomic E-state index is 11.4. The molecule has 0 fully saturated rings. The van der Waals surface area contributed by atoms with Crippen molar-refractivity contribution in [1.82, 2.24) is 9.88 Å². The second-order valence-electron chi connectivity index (χ2n) is 5.17. The Morgan fingerprint density at radius 1 is 1.50 bits per heavy atom. The molecule has 0 bridgehead atoms. The second kappa shape index (κ2) is 5.57. The average Bonchev–Trinajstić information content (AvgIpc) is 3.06. The van der Waals surface area contributed by atoms with Crippen molar-refractivity contribution >= 4 is 22.7 Å². The Hall–Kier alpha value is -2.74. The number of carbonyl (C=O) groups is 1. The Labute approximate surface area is 129 Å². The Balaban J connectivity index is 2.08. The van der Waals surface area contributed by atoms with Gasteiger partial charge in [-0.15, -0.1) is 6.42 Å². The van der Waals surface area contributed by atoms with Crippen molar-refractivity contribution < 1.29 is 9.53 Å². The number of benzene rings is 1. The highest BCUT2D eigenvalue weighted by atomic mass is 16.5. The van der Waals surface area contributed by atoms with Crippen molar-refractivity contribution in [3.05, 3.63) is 29.5 Å². The van der Waals surface area contributed by atoms with Crippen LogP contribution in [0.1, 0.15) is 17.7 Å². The number of aryl methyl sites for hydroxylation is 2. The van der Waals surface area contributed by atoms with E-state index in [2.05, 4.69) is 20.8 Å². The number of nitrogens with one attached hydrogen (secondary N) is 1. The van der Waals surface area contributed by atoms with Crippen LogP contribution in [0.2, 0.25) is 0 Å². The first-order chi connectivity index (χ1) is 10.7. The van der Waals surface area contributed by atoms with Gasteiger partial charge in [0.1, 0.15) is 5.75 Å². The van der Waals surface area contributed by atoms with E-state index in [1.54, 1.807) is 6.07 Å². The minimum Gasteiger partial charge on any atom is -0.410 e. The Bertz CT molecular complexity index is 825. The first kappa shape index (κ1) is 14.2. The van der Waals surface area contributed by atoms with E-state index in [4.69, 9.17) is 11.2 Å². The molecule has 1 heterocycles. The van der Waals surface area contributed by atoms with E-state index in [-0.39, 0.29) is 0 Å². The molecule has 1 aromatic heterocycles. The predicted octanol–water partition coefficient (Wildman–Crippen LogP) is 2.27. The summed E-state index contributed by atoms with van der Waals surface area (Å²) in [4.78, 5) is 15.8. The molecule has 0 saturated heterocycles. The normalized spacial score (nSPS) is 14.9. The van der Waals surface area contributed by atoms with E-state index in [1.807, 2.05) is 19.2 Å². The zero-order chi connectivity index (χ0) is 15.7. The molecular formula is C17H17N3O2. The lowest BCUT2D eigenvalue weighted by molar-refractivity contribution is 0.203. The molecule has 0 atom stereocenters. The van der Waals surface area contributed by atoms with Crippen LogP contribution >= 0.6 is 0 Å². The number of rotatable bonds is 2. The highest BCUT2D eigenvalue weighted by Gasteiger charge is 2.25. The topological polar surface area (TPSA) is 55.6 Å². The van der Waals surface area contributed by atoms with Crippen LogP contribution in [0.25, 0.3) is 10.9 Å². The van der Waals surface area contributed by atoms with Crippen LogP contribution < -0.4 is 10.1 Å². The maximum atomic E-state index is 11.4. The van der Waals surface area contributed by atoms with Gasteiger partial charge in [-0.25, -0.2) is 4.79 Å². The number of fused-ring (bicyclic) bond motifs is 3. The van der Waals surface area contributed by atoms with E-state index in [9.17, 15) is 4.79 Å². The van der Waals surface area contributed by atoms with Crippen LogP contribution in [0.15, 0.2) is 23.2 Å². The van der Waals surface area contributed by atoms with Gasteiger partial charge in [-0.2, -0.15) is 0 Å². The van der Waals surface area contributed by atoms with Gasteiger partial charge in [0, 0.05) is 25.0 Å². The monoisotopic (exact) mass is 295 g/mol. The molecule has 1 N–H and O–H groups in total. The Morgan fingerprint density at radius 3 is 3.05 bits per heavy atom. The van der Waals surface area contributed by atoms with Gasteiger partial charge in [-0.3, -0.25) is 4.99 Å². The van der Waals surface area contributed by atoms with Crippen LogP contribution in [0, 0.1) is 12.3 Å². The molecule has 2 aromatic rings. The number of aromatic nitrogens is 1. The molecule has 1 amide bonds. The molecule has 0 saturated carbocycles. The van der Waals surface area contributed by atoms with Gasteiger partial charge < -0.3 is 14.6 Å². The quantitative estimate of drug-likeness (QED) is 0.864. The number of amides is 1. The van der Waals surface area contributed by atoms with Gasteiger partial charge in [-0.05, 0) is 36.6 Å². The van der Waals surface area contributed by atoms with Crippen LogP contribution in [0.4, 0.5) is 4.79 Å². The number of ether oxygens (including phenoxy) is 1. The maximum Gasteiger partial charge on any atom is 0.412 e. The molecular weight excluding hydrogens is 278 g/mol. The number of aliphatic imine (C=N–C) groups is 1. The zero-order valence-corrected chi connectivity index (χ0v) is 12.6. The van der Waals surface area contributed by atoms with Crippen molar-refractivity contribution in [2.75, 3.05) is 13.6 Å². The van der Waals surface area contributed by atoms with Gasteiger partial charge in [0.05, 0.1) is 18.0 Å². The van der Waals surface area contributed by atoms with E-state index in [0.29, 0.717) is 12.3 Å². The summed E-state index contributed by atoms with van der Waals surface area (Å²) in [6.07, 6.45) is 6.66. The lowest BCUT2D eigenvalue weighted by Gasteiger charge is -2.05. The summed E-state index contributed by atoms with van der Waals surface area (Å²) < 4.78 is 7.35. The first-order valence-electron chi connectivity index (χ1n) is 7.13. The van der Waals surface area contributed by atoms with E-state index < -0.39 is 6.09 Å². The summed E-state index contributed by atoms with van der Waals surface area (Å²) in [5.74, 6) is 3.09. The minimum absolute atomic E-state index is 0.404. The van der Waals surface area contributed by atoms with Crippen molar-refractivity contribution in [1.29, 1.82) is 0 Å². The molecule has 0 spiro atoms. The standard InChI is InChI=1S/C17H17N3O2/c1-4-9-19-14-7-6-12-13-10-11(22-17(21)18-2)5-8-15(13)20(3)16(12)14/h1,5,8,10H,6-7,9H2,2-3H3,(H,18,21)/b19-14+. The van der Waals surface area contributed by atoms with Crippen LogP contribution in [0.5, 0.6) is 5.75 Å². The molecule has 22 heavy (non-hydrogen) atoms. The molecule has 1 aromatic carbocycles. The molecule has 5 heteroatoms.